The lowest BCUT2D eigenvalue weighted by Crippen LogP contribution is -2.46. The molecule has 0 aliphatic carbocycles. The van der Waals surface area contributed by atoms with Gasteiger partial charge in [0.05, 0.1) is 5.56 Å². The number of rotatable bonds is 5. The fraction of sp³-hybridized carbons (Fsp3) is 0.500. The zero-order valence-electron chi connectivity index (χ0n) is 11.6. The number of nitrogens with one attached hydrogen (secondary N) is 1. The second kappa shape index (κ2) is 6.26. The van der Waals surface area contributed by atoms with E-state index in [0.29, 0.717) is 19.4 Å². The van der Waals surface area contributed by atoms with Crippen LogP contribution in [0.15, 0.2) is 24.3 Å². The summed E-state index contributed by atoms with van der Waals surface area (Å²) in [5.41, 5.74) is 4.48. The van der Waals surface area contributed by atoms with E-state index < -0.39 is 23.2 Å². The van der Waals surface area contributed by atoms with Crippen molar-refractivity contribution >= 4 is 5.91 Å². The second-order valence-electron chi connectivity index (χ2n) is 4.98. The van der Waals surface area contributed by atoms with Crippen molar-refractivity contribution in [3.8, 4) is 0 Å². The largest absolute Gasteiger partial charge is 0.416 e. The van der Waals surface area contributed by atoms with E-state index in [4.69, 9.17) is 5.73 Å². The van der Waals surface area contributed by atoms with E-state index in [1.165, 1.54) is 12.1 Å². The molecule has 1 rings (SSSR count). The van der Waals surface area contributed by atoms with Crippen molar-refractivity contribution in [3.05, 3.63) is 35.4 Å². The summed E-state index contributed by atoms with van der Waals surface area (Å²) < 4.78 is 37.3. The van der Waals surface area contributed by atoms with Gasteiger partial charge in [0, 0.05) is 11.1 Å². The molecule has 0 aromatic heterocycles. The van der Waals surface area contributed by atoms with Gasteiger partial charge in [0.1, 0.15) is 0 Å². The van der Waals surface area contributed by atoms with Gasteiger partial charge in [-0.15, -0.1) is 0 Å². The molecular formula is C14H19F3N2O. The summed E-state index contributed by atoms with van der Waals surface area (Å²) in [6.07, 6.45) is -3.10. The molecule has 0 aliphatic rings. The van der Waals surface area contributed by atoms with Crippen molar-refractivity contribution < 1.29 is 18.0 Å². The average Bonchev–Trinajstić information content (AvgIpc) is 2.38. The Balaban J connectivity index is 2.83. The van der Waals surface area contributed by atoms with Crippen molar-refractivity contribution in [1.29, 1.82) is 0 Å². The van der Waals surface area contributed by atoms with Crippen molar-refractivity contribution in [3.63, 3.8) is 0 Å². The van der Waals surface area contributed by atoms with Gasteiger partial charge in [0.15, 0.2) is 0 Å². The maximum Gasteiger partial charge on any atom is 0.416 e. The number of carbonyl (C=O) groups excluding carboxylic acids is 1. The lowest BCUT2D eigenvalue weighted by molar-refractivity contribution is -0.137. The summed E-state index contributed by atoms with van der Waals surface area (Å²) in [7, 11) is 0. The molecule has 1 atom stereocenters. The van der Waals surface area contributed by atoms with Crippen molar-refractivity contribution in [2.24, 2.45) is 5.73 Å². The van der Waals surface area contributed by atoms with Gasteiger partial charge >= 0.3 is 6.18 Å². The molecule has 0 radical (unpaired) electrons. The number of hydrogen-bond donors (Lipinski definition) is 2. The van der Waals surface area contributed by atoms with E-state index in [9.17, 15) is 18.0 Å². The van der Waals surface area contributed by atoms with Crippen LogP contribution in [0.3, 0.4) is 0 Å². The first-order valence-corrected chi connectivity index (χ1v) is 6.41. The Morgan fingerprint density at radius 2 is 1.80 bits per heavy atom. The van der Waals surface area contributed by atoms with E-state index >= 15 is 0 Å². The number of benzene rings is 1. The first-order valence-electron chi connectivity index (χ1n) is 6.41. The molecule has 6 heteroatoms. The highest BCUT2D eigenvalue weighted by molar-refractivity contribution is 5.94. The van der Waals surface area contributed by atoms with Gasteiger partial charge in [-0.1, -0.05) is 6.92 Å². The zero-order chi connectivity index (χ0) is 15.4. The molecule has 0 saturated heterocycles. The Morgan fingerprint density at radius 3 is 2.20 bits per heavy atom. The Bertz CT molecular complexity index is 456. The van der Waals surface area contributed by atoms with Crippen LogP contribution >= 0.6 is 0 Å². The predicted molar refractivity (Wildman–Crippen MR) is 71.3 cm³/mol. The van der Waals surface area contributed by atoms with Crippen LogP contribution in [0.25, 0.3) is 0 Å². The van der Waals surface area contributed by atoms with E-state index in [1.54, 1.807) is 0 Å². The molecule has 1 aromatic rings. The summed E-state index contributed by atoms with van der Waals surface area (Å²) in [6, 6.07) is 4.16. The molecule has 3 nitrogen and oxygen atoms in total. The monoisotopic (exact) mass is 288 g/mol. The Hall–Kier alpha value is -1.56. The highest BCUT2D eigenvalue weighted by atomic mass is 19.4. The number of alkyl halides is 3. The molecule has 3 N–H and O–H groups in total. The third-order valence-corrected chi connectivity index (χ3v) is 3.37. The topological polar surface area (TPSA) is 55.1 Å². The fourth-order valence-electron chi connectivity index (χ4n) is 1.80. The molecule has 112 valence electrons. The molecular weight excluding hydrogens is 269 g/mol. The summed E-state index contributed by atoms with van der Waals surface area (Å²) in [5, 5.41) is 2.82. The Kier molecular flexibility index (Phi) is 5.16. The normalized spacial score (nSPS) is 14.7. The zero-order valence-corrected chi connectivity index (χ0v) is 11.6. The predicted octanol–water partition coefficient (Wildman–Crippen LogP) is 2.95. The molecule has 0 aliphatic heterocycles. The van der Waals surface area contributed by atoms with Crippen LogP contribution in [0.5, 0.6) is 0 Å². The van der Waals surface area contributed by atoms with E-state index in [2.05, 4.69) is 5.32 Å². The quantitative estimate of drug-likeness (QED) is 0.875. The molecule has 1 unspecified atom stereocenters. The van der Waals surface area contributed by atoms with Crippen LogP contribution < -0.4 is 11.1 Å². The minimum Gasteiger partial charge on any atom is -0.347 e. The lowest BCUT2D eigenvalue weighted by Gasteiger charge is -2.29. The number of amides is 1. The van der Waals surface area contributed by atoms with Gasteiger partial charge in [-0.2, -0.15) is 13.2 Å². The van der Waals surface area contributed by atoms with Crippen LogP contribution in [-0.2, 0) is 6.18 Å². The van der Waals surface area contributed by atoms with E-state index in [1.807, 2.05) is 13.8 Å². The minimum absolute atomic E-state index is 0.203. The van der Waals surface area contributed by atoms with Gasteiger partial charge in [0.2, 0.25) is 0 Å². The smallest absolute Gasteiger partial charge is 0.347 e. The van der Waals surface area contributed by atoms with Crippen molar-refractivity contribution in [2.75, 3.05) is 6.54 Å². The first-order chi connectivity index (χ1) is 9.22. The Morgan fingerprint density at radius 1 is 1.25 bits per heavy atom. The number of carbonyl (C=O) groups is 1. The number of hydrogen-bond acceptors (Lipinski definition) is 2. The van der Waals surface area contributed by atoms with Gasteiger partial charge in [-0.25, -0.2) is 0 Å². The first kappa shape index (κ1) is 16.5. The molecule has 20 heavy (non-hydrogen) atoms. The third kappa shape index (κ3) is 4.23. The van der Waals surface area contributed by atoms with E-state index in [0.717, 1.165) is 12.1 Å². The molecule has 1 aromatic carbocycles. The number of nitrogens with two attached hydrogens (primary N) is 1. The van der Waals surface area contributed by atoms with Gasteiger partial charge in [-0.3, -0.25) is 4.79 Å². The van der Waals surface area contributed by atoms with Gasteiger partial charge < -0.3 is 11.1 Å². The highest BCUT2D eigenvalue weighted by Gasteiger charge is 2.30. The molecule has 0 heterocycles. The maximum atomic E-state index is 12.4. The molecule has 0 fully saturated rings. The molecule has 0 bridgehead atoms. The summed E-state index contributed by atoms with van der Waals surface area (Å²) >= 11 is 0. The second-order valence-corrected chi connectivity index (χ2v) is 4.98. The molecule has 1 amide bonds. The van der Waals surface area contributed by atoms with Crippen LogP contribution in [0.4, 0.5) is 13.2 Å². The van der Waals surface area contributed by atoms with Gasteiger partial charge in [-0.05, 0) is 50.6 Å². The van der Waals surface area contributed by atoms with E-state index in [-0.39, 0.29) is 5.56 Å². The van der Waals surface area contributed by atoms with Crippen molar-refractivity contribution in [2.45, 2.75) is 38.4 Å². The minimum atomic E-state index is -4.40. The number of halogens is 3. The molecule has 0 spiro atoms. The Labute approximate surface area is 116 Å². The third-order valence-electron chi connectivity index (χ3n) is 3.37. The van der Waals surface area contributed by atoms with Crippen LogP contribution in [0.1, 0.15) is 42.6 Å². The van der Waals surface area contributed by atoms with Crippen LogP contribution in [-0.4, -0.2) is 18.0 Å². The lowest BCUT2D eigenvalue weighted by atomic mass is 9.94. The summed E-state index contributed by atoms with van der Waals surface area (Å²) in [6.45, 7) is 4.21. The van der Waals surface area contributed by atoms with Crippen molar-refractivity contribution in [1.82, 2.24) is 5.32 Å². The SMILES string of the molecule is CCC(C)(CCN)NC(=O)c1ccc(C(F)(F)F)cc1. The average molecular weight is 288 g/mol. The summed E-state index contributed by atoms with van der Waals surface area (Å²) in [5.74, 6) is -0.392. The van der Waals surface area contributed by atoms with Crippen LogP contribution in [0.2, 0.25) is 0 Å². The highest BCUT2D eigenvalue weighted by Crippen LogP contribution is 2.29. The summed E-state index contributed by atoms with van der Waals surface area (Å²) in [4.78, 5) is 12.0. The van der Waals surface area contributed by atoms with Crippen LogP contribution in [0, 0.1) is 0 Å². The standard InChI is InChI=1S/C14H19F3N2O/c1-3-13(2,8-9-18)19-12(20)10-4-6-11(7-5-10)14(15,16)17/h4-7H,3,8-9,18H2,1-2H3,(H,19,20). The van der Waals surface area contributed by atoms with Gasteiger partial charge in [0.25, 0.3) is 5.91 Å². The molecule has 0 saturated carbocycles. The fourth-order valence-corrected chi connectivity index (χ4v) is 1.80. The maximum absolute atomic E-state index is 12.4.